The van der Waals surface area contributed by atoms with E-state index in [9.17, 15) is 14.7 Å². The van der Waals surface area contributed by atoms with E-state index in [0.29, 0.717) is 18.3 Å². The fourth-order valence-electron chi connectivity index (χ4n) is 2.66. The van der Waals surface area contributed by atoms with Crippen LogP contribution in [0.3, 0.4) is 0 Å². The van der Waals surface area contributed by atoms with E-state index in [1.165, 1.54) is 12.7 Å². The number of carbonyl (C=O) groups is 2. The third-order valence-electron chi connectivity index (χ3n) is 3.95. The molecule has 21 heavy (non-hydrogen) atoms. The molecule has 5 nitrogen and oxygen atoms in total. The molecule has 2 rings (SSSR count). The quantitative estimate of drug-likeness (QED) is 0.773. The minimum Gasteiger partial charge on any atom is -0.467 e. The summed E-state index contributed by atoms with van der Waals surface area (Å²) in [4.78, 5) is 22.7. The number of esters is 1. The molecule has 0 aliphatic heterocycles. The zero-order valence-electron chi connectivity index (χ0n) is 12.1. The molecule has 114 valence electrons. The lowest BCUT2D eigenvalue weighted by Gasteiger charge is -2.35. The van der Waals surface area contributed by atoms with Crippen molar-refractivity contribution in [1.82, 2.24) is 5.32 Å². The van der Waals surface area contributed by atoms with Crippen LogP contribution in [0.2, 0.25) is 0 Å². The summed E-state index contributed by atoms with van der Waals surface area (Å²) in [5.74, 6) is 0.0627. The summed E-state index contributed by atoms with van der Waals surface area (Å²) in [5.41, 5.74) is 1.33. The van der Waals surface area contributed by atoms with Gasteiger partial charge in [0.1, 0.15) is 0 Å². The van der Waals surface area contributed by atoms with Gasteiger partial charge in [-0.05, 0) is 30.2 Å². The van der Waals surface area contributed by atoms with Crippen molar-refractivity contribution in [3.63, 3.8) is 0 Å². The third kappa shape index (κ3) is 4.29. The van der Waals surface area contributed by atoms with E-state index in [2.05, 4.69) is 22.2 Å². The van der Waals surface area contributed by atoms with Crippen molar-refractivity contribution >= 4 is 11.9 Å². The first-order valence-corrected chi connectivity index (χ1v) is 7.17. The van der Waals surface area contributed by atoms with E-state index in [0.717, 1.165) is 12.8 Å². The highest BCUT2D eigenvalue weighted by atomic mass is 16.5. The van der Waals surface area contributed by atoms with Crippen LogP contribution >= 0.6 is 0 Å². The summed E-state index contributed by atoms with van der Waals surface area (Å²) in [6, 6.07) is 10.3. The monoisotopic (exact) mass is 291 g/mol. The predicted molar refractivity (Wildman–Crippen MR) is 77.6 cm³/mol. The number of methoxy groups -OCH3 is 1. The van der Waals surface area contributed by atoms with Crippen molar-refractivity contribution in [1.29, 1.82) is 0 Å². The van der Waals surface area contributed by atoms with Crippen LogP contribution in [0.15, 0.2) is 30.3 Å². The van der Waals surface area contributed by atoms with Gasteiger partial charge in [-0.2, -0.15) is 0 Å². The standard InChI is InChI=1S/C16H21NO4/c1-21-16(20)14(18)10-17-15(19)9-11-7-13(8-11)12-5-3-2-4-6-12/h2-6,11,13-14,18H,7-10H2,1H3,(H,17,19)/t11?,13?,14-/m0/s1. The molecular weight excluding hydrogens is 270 g/mol. The molecule has 1 fully saturated rings. The second-order valence-corrected chi connectivity index (χ2v) is 5.49. The first-order valence-electron chi connectivity index (χ1n) is 7.17. The van der Waals surface area contributed by atoms with Crippen LogP contribution in [-0.2, 0) is 14.3 Å². The Labute approximate surface area is 124 Å². The SMILES string of the molecule is COC(=O)[C@@H](O)CNC(=O)CC1CC(c2ccccc2)C1. The highest BCUT2D eigenvalue weighted by molar-refractivity contribution is 5.78. The van der Waals surface area contributed by atoms with Crippen LogP contribution in [0.5, 0.6) is 0 Å². The number of benzene rings is 1. The van der Waals surface area contributed by atoms with Gasteiger partial charge >= 0.3 is 5.97 Å². The summed E-state index contributed by atoms with van der Waals surface area (Å²) < 4.78 is 4.38. The van der Waals surface area contributed by atoms with E-state index in [4.69, 9.17) is 0 Å². The maximum Gasteiger partial charge on any atom is 0.336 e. The number of hydrogen-bond acceptors (Lipinski definition) is 4. The number of aliphatic hydroxyl groups excluding tert-OH is 1. The Kier molecular flexibility index (Phi) is 5.33. The zero-order valence-corrected chi connectivity index (χ0v) is 12.1. The van der Waals surface area contributed by atoms with E-state index < -0.39 is 12.1 Å². The number of amides is 1. The third-order valence-corrected chi connectivity index (χ3v) is 3.95. The maximum absolute atomic E-state index is 11.7. The van der Waals surface area contributed by atoms with Gasteiger partial charge < -0.3 is 15.2 Å². The van der Waals surface area contributed by atoms with Crippen molar-refractivity contribution < 1.29 is 19.4 Å². The lowest BCUT2D eigenvalue weighted by molar-refractivity contribution is -0.150. The molecule has 1 aromatic rings. The molecule has 0 bridgehead atoms. The average molecular weight is 291 g/mol. The van der Waals surface area contributed by atoms with Gasteiger partial charge in [-0.1, -0.05) is 30.3 Å². The molecule has 0 aromatic heterocycles. The number of hydrogen-bond donors (Lipinski definition) is 2. The number of rotatable bonds is 6. The molecule has 1 saturated carbocycles. The minimum atomic E-state index is -1.29. The Hall–Kier alpha value is -1.88. The van der Waals surface area contributed by atoms with Gasteiger partial charge in [-0.3, -0.25) is 4.79 Å². The fraction of sp³-hybridized carbons (Fsp3) is 0.500. The zero-order chi connectivity index (χ0) is 15.2. The molecule has 5 heteroatoms. The Balaban J connectivity index is 1.66. The molecule has 0 radical (unpaired) electrons. The fourth-order valence-corrected chi connectivity index (χ4v) is 2.66. The van der Waals surface area contributed by atoms with E-state index in [1.54, 1.807) is 0 Å². The van der Waals surface area contributed by atoms with Crippen molar-refractivity contribution in [2.24, 2.45) is 5.92 Å². The first kappa shape index (κ1) is 15.5. The van der Waals surface area contributed by atoms with E-state index in [-0.39, 0.29) is 12.5 Å². The molecule has 0 spiro atoms. The first-order chi connectivity index (χ1) is 10.1. The van der Waals surface area contributed by atoms with Gasteiger partial charge in [-0.15, -0.1) is 0 Å². The van der Waals surface area contributed by atoms with Gasteiger partial charge in [0.05, 0.1) is 13.7 Å². The molecule has 0 unspecified atom stereocenters. The largest absolute Gasteiger partial charge is 0.467 e. The van der Waals surface area contributed by atoms with E-state index in [1.807, 2.05) is 18.2 Å². The van der Waals surface area contributed by atoms with Crippen LogP contribution < -0.4 is 5.32 Å². The average Bonchev–Trinajstić information content (AvgIpc) is 2.48. The van der Waals surface area contributed by atoms with Crippen molar-refractivity contribution in [3.05, 3.63) is 35.9 Å². The molecule has 1 amide bonds. The summed E-state index contributed by atoms with van der Waals surface area (Å²) in [5, 5.41) is 11.9. The summed E-state index contributed by atoms with van der Waals surface area (Å²) in [6.07, 6.45) is 1.17. The Morgan fingerprint density at radius 3 is 2.62 bits per heavy atom. The van der Waals surface area contributed by atoms with Crippen molar-refractivity contribution in [3.8, 4) is 0 Å². The van der Waals surface area contributed by atoms with Gasteiger partial charge in [0.25, 0.3) is 0 Å². The summed E-state index contributed by atoms with van der Waals surface area (Å²) in [7, 11) is 1.20. The highest BCUT2D eigenvalue weighted by Gasteiger charge is 2.31. The normalized spacial score (nSPS) is 22.0. The molecule has 1 atom stereocenters. The Bertz CT molecular complexity index is 482. The molecule has 0 heterocycles. The van der Waals surface area contributed by atoms with Crippen LogP contribution in [0, 0.1) is 5.92 Å². The van der Waals surface area contributed by atoms with Crippen LogP contribution in [0.1, 0.15) is 30.7 Å². The van der Waals surface area contributed by atoms with Crippen molar-refractivity contribution in [2.75, 3.05) is 13.7 Å². The van der Waals surface area contributed by atoms with Gasteiger partial charge in [0, 0.05) is 6.42 Å². The summed E-state index contributed by atoms with van der Waals surface area (Å²) >= 11 is 0. The molecule has 2 N–H and O–H groups in total. The number of ether oxygens (including phenoxy) is 1. The Morgan fingerprint density at radius 1 is 1.33 bits per heavy atom. The van der Waals surface area contributed by atoms with Crippen LogP contribution in [-0.4, -0.2) is 36.7 Å². The predicted octanol–water partition coefficient (Wildman–Crippen LogP) is 1.22. The number of aliphatic hydroxyl groups is 1. The smallest absolute Gasteiger partial charge is 0.336 e. The number of carbonyl (C=O) groups excluding carboxylic acids is 2. The maximum atomic E-state index is 11.7. The molecule has 1 aliphatic carbocycles. The van der Waals surface area contributed by atoms with Gasteiger partial charge in [-0.25, -0.2) is 4.79 Å². The van der Waals surface area contributed by atoms with Gasteiger partial charge in [0.2, 0.25) is 5.91 Å². The second-order valence-electron chi connectivity index (χ2n) is 5.49. The highest BCUT2D eigenvalue weighted by Crippen LogP contribution is 2.43. The van der Waals surface area contributed by atoms with Crippen LogP contribution in [0.4, 0.5) is 0 Å². The summed E-state index contributed by atoms with van der Waals surface area (Å²) in [6.45, 7) is -0.0969. The lowest BCUT2D eigenvalue weighted by atomic mass is 9.70. The molecule has 0 saturated heterocycles. The second kappa shape index (κ2) is 7.22. The van der Waals surface area contributed by atoms with Crippen LogP contribution in [0.25, 0.3) is 0 Å². The van der Waals surface area contributed by atoms with Gasteiger partial charge in [0.15, 0.2) is 6.10 Å². The topological polar surface area (TPSA) is 75.6 Å². The lowest BCUT2D eigenvalue weighted by Crippen LogP contribution is -2.38. The molecule has 1 aliphatic rings. The molecule has 1 aromatic carbocycles. The Morgan fingerprint density at radius 2 is 2.00 bits per heavy atom. The van der Waals surface area contributed by atoms with Crippen molar-refractivity contribution in [2.45, 2.75) is 31.3 Å². The number of nitrogens with one attached hydrogen (secondary N) is 1. The minimum absolute atomic E-state index is 0.0969. The molecular formula is C16H21NO4. The van der Waals surface area contributed by atoms with E-state index >= 15 is 0 Å².